The highest BCUT2D eigenvalue weighted by atomic mass is 32.1. The Labute approximate surface area is 130 Å². The first-order valence-corrected chi connectivity index (χ1v) is 8.18. The Morgan fingerprint density at radius 1 is 1.33 bits per heavy atom. The van der Waals surface area contributed by atoms with Gasteiger partial charge in [0.25, 0.3) is 5.91 Å². The van der Waals surface area contributed by atoms with Gasteiger partial charge in [0.2, 0.25) is 11.0 Å². The van der Waals surface area contributed by atoms with E-state index in [0.717, 1.165) is 11.4 Å². The highest BCUT2D eigenvalue weighted by Crippen LogP contribution is 2.17. The first-order valence-electron chi connectivity index (χ1n) is 6.48. The van der Waals surface area contributed by atoms with Gasteiger partial charge in [0.05, 0.1) is 11.4 Å². The van der Waals surface area contributed by atoms with Crippen molar-refractivity contribution in [2.45, 2.75) is 20.3 Å². The van der Waals surface area contributed by atoms with Crippen LogP contribution in [-0.2, 0) is 11.2 Å². The molecule has 0 saturated carbocycles. The molecule has 0 fully saturated rings. The fourth-order valence-corrected chi connectivity index (χ4v) is 3.16. The topological polar surface area (TPSA) is 84.0 Å². The lowest BCUT2D eigenvalue weighted by Gasteiger charge is -2.03. The maximum absolute atomic E-state index is 11.7. The molecular weight excluding hydrogens is 308 g/mol. The molecule has 0 atom stereocenters. The highest BCUT2D eigenvalue weighted by molar-refractivity contribution is 7.15. The zero-order valence-electron chi connectivity index (χ0n) is 11.8. The van der Waals surface area contributed by atoms with E-state index in [1.165, 1.54) is 22.7 Å². The second-order valence-corrected chi connectivity index (χ2v) is 6.82. The van der Waals surface area contributed by atoms with Crippen LogP contribution < -0.4 is 10.6 Å². The van der Waals surface area contributed by atoms with Gasteiger partial charge in [0.15, 0.2) is 0 Å². The Bertz CT molecular complexity index is 607. The summed E-state index contributed by atoms with van der Waals surface area (Å²) in [5, 5.41) is 16.3. The number of thiophene rings is 1. The second kappa shape index (κ2) is 7.28. The van der Waals surface area contributed by atoms with E-state index in [9.17, 15) is 9.59 Å². The minimum atomic E-state index is -0.313. The molecule has 0 unspecified atom stereocenters. The standard InChI is InChI=1S/C13H16N4O2S2/c1-8(2)6-11-16-17-13(21-11)15-10(18)7-14-12(19)9-4-3-5-20-9/h3-5,8H,6-7H2,1-2H3,(H,14,19)(H,15,17,18). The van der Waals surface area contributed by atoms with Gasteiger partial charge in [-0.25, -0.2) is 0 Å². The van der Waals surface area contributed by atoms with Crippen LogP contribution in [-0.4, -0.2) is 28.6 Å². The van der Waals surface area contributed by atoms with Crippen LogP contribution in [0, 0.1) is 5.92 Å². The molecule has 2 aromatic heterocycles. The monoisotopic (exact) mass is 324 g/mol. The smallest absolute Gasteiger partial charge is 0.261 e. The molecule has 21 heavy (non-hydrogen) atoms. The van der Waals surface area contributed by atoms with Crippen LogP contribution in [0.2, 0.25) is 0 Å². The van der Waals surface area contributed by atoms with Gasteiger partial charge in [-0.05, 0) is 17.4 Å². The van der Waals surface area contributed by atoms with Gasteiger partial charge in [0, 0.05) is 6.42 Å². The van der Waals surface area contributed by atoms with E-state index in [1.54, 1.807) is 12.1 Å². The largest absolute Gasteiger partial charge is 0.342 e. The molecule has 2 amide bonds. The van der Waals surface area contributed by atoms with Gasteiger partial charge in [0.1, 0.15) is 5.01 Å². The van der Waals surface area contributed by atoms with Gasteiger partial charge in [-0.2, -0.15) is 0 Å². The summed E-state index contributed by atoms with van der Waals surface area (Å²) in [7, 11) is 0. The number of rotatable bonds is 6. The van der Waals surface area contributed by atoms with Crippen LogP contribution in [0.3, 0.4) is 0 Å². The Morgan fingerprint density at radius 2 is 2.14 bits per heavy atom. The molecule has 0 aliphatic rings. The van der Waals surface area contributed by atoms with Crippen molar-refractivity contribution >= 4 is 39.6 Å². The van der Waals surface area contributed by atoms with E-state index in [2.05, 4.69) is 34.7 Å². The number of carbonyl (C=O) groups excluding carboxylic acids is 2. The van der Waals surface area contributed by atoms with Crippen LogP contribution in [0.15, 0.2) is 17.5 Å². The summed E-state index contributed by atoms with van der Waals surface area (Å²) in [6, 6.07) is 3.50. The van der Waals surface area contributed by atoms with E-state index >= 15 is 0 Å². The molecule has 0 radical (unpaired) electrons. The minimum absolute atomic E-state index is 0.0875. The Hall–Kier alpha value is -1.80. The first kappa shape index (κ1) is 15.6. The number of carbonyl (C=O) groups is 2. The van der Waals surface area contributed by atoms with Crippen molar-refractivity contribution in [3.8, 4) is 0 Å². The molecule has 0 saturated heterocycles. The molecule has 0 aliphatic heterocycles. The molecule has 0 spiro atoms. The van der Waals surface area contributed by atoms with Crippen molar-refractivity contribution in [3.05, 3.63) is 27.4 Å². The van der Waals surface area contributed by atoms with E-state index in [1.807, 2.05) is 5.38 Å². The van der Waals surface area contributed by atoms with Crippen molar-refractivity contribution in [1.82, 2.24) is 15.5 Å². The number of hydrogen-bond acceptors (Lipinski definition) is 6. The van der Waals surface area contributed by atoms with Crippen molar-refractivity contribution < 1.29 is 9.59 Å². The van der Waals surface area contributed by atoms with E-state index in [4.69, 9.17) is 0 Å². The maximum atomic E-state index is 11.7. The SMILES string of the molecule is CC(C)Cc1nnc(NC(=O)CNC(=O)c2cccs2)s1. The molecule has 0 bridgehead atoms. The number of amides is 2. The third-order valence-corrected chi connectivity index (χ3v) is 4.18. The third-order valence-electron chi connectivity index (χ3n) is 2.45. The molecular formula is C13H16N4O2S2. The predicted molar refractivity (Wildman–Crippen MR) is 83.7 cm³/mol. The zero-order valence-corrected chi connectivity index (χ0v) is 13.4. The van der Waals surface area contributed by atoms with Gasteiger partial charge in [-0.15, -0.1) is 21.5 Å². The van der Waals surface area contributed by atoms with Crippen molar-refractivity contribution in [3.63, 3.8) is 0 Å². The van der Waals surface area contributed by atoms with E-state index in [-0.39, 0.29) is 18.4 Å². The number of anilines is 1. The molecule has 2 aromatic rings. The lowest BCUT2D eigenvalue weighted by atomic mass is 10.1. The summed E-state index contributed by atoms with van der Waals surface area (Å²) in [5.41, 5.74) is 0. The summed E-state index contributed by atoms with van der Waals surface area (Å²) in [6.07, 6.45) is 0.836. The maximum Gasteiger partial charge on any atom is 0.261 e. The van der Waals surface area contributed by atoms with Crippen molar-refractivity contribution in [2.75, 3.05) is 11.9 Å². The van der Waals surface area contributed by atoms with Crippen LogP contribution >= 0.6 is 22.7 Å². The van der Waals surface area contributed by atoms with Crippen molar-refractivity contribution in [2.24, 2.45) is 5.92 Å². The number of hydrogen-bond donors (Lipinski definition) is 2. The predicted octanol–water partition coefficient (Wildman–Crippen LogP) is 2.17. The van der Waals surface area contributed by atoms with Gasteiger partial charge in [-0.3, -0.25) is 14.9 Å². The zero-order chi connectivity index (χ0) is 15.2. The molecule has 0 aromatic carbocycles. The second-order valence-electron chi connectivity index (χ2n) is 4.81. The lowest BCUT2D eigenvalue weighted by molar-refractivity contribution is -0.115. The van der Waals surface area contributed by atoms with Gasteiger partial charge >= 0.3 is 0 Å². The Balaban J connectivity index is 1.79. The van der Waals surface area contributed by atoms with Gasteiger partial charge < -0.3 is 5.32 Å². The first-order chi connectivity index (χ1) is 10.0. The molecule has 2 heterocycles. The number of nitrogens with zero attached hydrogens (tertiary/aromatic N) is 2. The molecule has 2 rings (SSSR count). The highest BCUT2D eigenvalue weighted by Gasteiger charge is 2.11. The number of aromatic nitrogens is 2. The average molecular weight is 324 g/mol. The molecule has 2 N–H and O–H groups in total. The van der Waals surface area contributed by atoms with Crippen LogP contribution in [0.4, 0.5) is 5.13 Å². The Morgan fingerprint density at radius 3 is 2.81 bits per heavy atom. The normalized spacial score (nSPS) is 10.6. The molecule has 6 nitrogen and oxygen atoms in total. The van der Waals surface area contributed by atoms with Crippen LogP contribution in [0.25, 0.3) is 0 Å². The summed E-state index contributed by atoms with van der Waals surface area (Å²) < 4.78 is 0. The summed E-state index contributed by atoms with van der Waals surface area (Å²) in [6.45, 7) is 4.11. The third kappa shape index (κ3) is 4.91. The van der Waals surface area contributed by atoms with Crippen LogP contribution in [0.1, 0.15) is 28.5 Å². The summed E-state index contributed by atoms with van der Waals surface area (Å²) in [4.78, 5) is 24.0. The fourth-order valence-electron chi connectivity index (χ4n) is 1.55. The summed E-state index contributed by atoms with van der Waals surface area (Å²) in [5.74, 6) is -0.0725. The van der Waals surface area contributed by atoms with Crippen molar-refractivity contribution in [1.29, 1.82) is 0 Å². The van der Waals surface area contributed by atoms with Crippen LogP contribution in [0.5, 0.6) is 0 Å². The fraction of sp³-hybridized carbons (Fsp3) is 0.385. The number of nitrogens with one attached hydrogen (secondary N) is 2. The van der Waals surface area contributed by atoms with E-state index in [0.29, 0.717) is 15.9 Å². The average Bonchev–Trinajstić information content (AvgIpc) is 3.07. The van der Waals surface area contributed by atoms with Gasteiger partial charge in [-0.1, -0.05) is 31.3 Å². The minimum Gasteiger partial charge on any atom is -0.342 e. The van der Waals surface area contributed by atoms with E-state index < -0.39 is 0 Å². The molecule has 0 aliphatic carbocycles. The molecule has 112 valence electrons. The summed E-state index contributed by atoms with van der Waals surface area (Å²) >= 11 is 2.69. The Kier molecular flexibility index (Phi) is 5.40. The lowest BCUT2D eigenvalue weighted by Crippen LogP contribution is -2.32. The quantitative estimate of drug-likeness (QED) is 0.853. The molecule has 8 heteroatoms.